The number of aromatic nitrogens is 2. The van der Waals surface area contributed by atoms with Gasteiger partial charge in [-0.2, -0.15) is 5.10 Å². The van der Waals surface area contributed by atoms with E-state index in [0.29, 0.717) is 31.5 Å². The van der Waals surface area contributed by atoms with Crippen LogP contribution >= 0.6 is 0 Å². The van der Waals surface area contributed by atoms with Gasteiger partial charge in [-0.25, -0.2) is 5.10 Å². The van der Waals surface area contributed by atoms with Gasteiger partial charge >= 0.3 is 0 Å². The summed E-state index contributed by atoms with van der Waals surface area (Å²) in [5.74, 6) is -0.299. The molecule has 2 N–H and O–H groups in total. The number of amides is 2. The third-order valence-corrected chi connectivity index (χ3v) is 4.33. The van der Waals surface area contributed by atoms with Crippen molar-refractivity contribution in [2.75, 3.05) is 13.1 Å². The highest BCUT2D eigenvalue weighted by Gasteiger charge is 2.25. The normalized spacial score (nSPS) is 15.0. The van der Waals surface area contributed by atoms with Crippen LogP contribution in [0.2, 0.25) is 0 Å². The van der Waals surface area contributed by atoms with Crippen LogP contribution < -0.4 is 10.9 Å². The molecule has 1 aliphatic heterocycles. The summed E-state index contributed by atoms with van der Waals surface area (Å²) >= 11 is 0. The fourth-order valence-corrected chi connectivity index (χ4v) is 2.84. The Kier molecular flexibility index (Phi) is 4.92. The monoisotopic (exact) mass is 340 g/mol. The average molecular weight is 340 g/mol. The van der Waals surface area contributed by atoms with E-state index in [9.17, 15) is 14.4 Å². The summed E-state index contributed by atoms with van der Waals surface area (Å²) in [7, 11) is 0. The molecule has 25 heavy (non-hydrogen) atoms. The predicted molar refractivity (Wildman–Crippen MR) is 92.4 cm³/mol. The molecule has 0 aliphatic carbocycles. The molecule has 3 rings (SSSR count). The van der Waals surface area contributed by atoms with Gasteiger partial charge in [0.25, 0.3) is 17.4 Å². The Morgan fingerprint density at radius 3 is 2.40 bits per heavy atom. The van der Waals surface area contributed by atoms with Crippen LogP contribution in [0.25, 0.3) is 0 Å². The van der Waals surface area contributed by atoms with Crippen molar-refractivity contribution >= 4 is 11.8 Å². The standard InChI is InChI=1S/C18H20N4O3/c1-12-2-4-13(5-3-12)18(25)22-10-8-14(9-11-22)19-17(24)15-6-7-16(23)21-20-15/h2-7,14H,8-11H2,1H3,(H,19,24)(H,21,23). The molecule has 2 aromatic rings. The minimum Gasteiger partial charge on any atom is -0.348 e. The van der Waals surface area contributed by atoms with Crippen LogP contribution in [-0.2, 0) is 0 Å². The molecule has 0 saturated carbocycles. The molecule has 7 heteroatoms. The Morgan fingerprint density at radius 1 is 1.12 bits per heavy atom. The maximum Gasteiger partial charge on any atom is 0.271 e. The molecule has 130 valence electrons. The number of nitrogens with one attached hydrogen (secondary N) is 2. The van der Waals surface area contributed by atoms with Gasteiger partial charge < -0.3 is 10.2 Å². The van der Waals surface area contributed by atoms with Crippen molar-refractivity contribution in [3.05, 3.63) is 63.6 Å². The molecule has 1 aromatic carbocycles. The molecule has 1 aliphatic rings. The first kappa shape index (κ1) is 16.9. The number of aromatic amines is 1. The molecule has 1 saturated heterocycles. The molecule has 0 spiro atoms. The molecule has 0 atom stereocenters. The lowest BCUT2D eigenvalue weighted by Gasteiger charge is -2.32. The number of piperidine rings is 1. The van der Waals surface area contributed by atoms with Crippen molar-refractivity contribution in [1.29, 1.82) is 0 Å². The van der Waals surface area contributed by atoms with Crippen LogP contribution in [0, 0.1) is 6.92 Å². The van der Waals surface area contributed by atoms with E-state index in [-0.39, 0.29) is 29.1 Å². The number of H-pyrrole nitrogens is 1. The number of benzene rings is 1. The smallest absolute Gasteiger partial charge is 0.271 e. The van der Waals surface area contributed by atoms with E-state index >= 15 is 0 Å². The quantitative estimate of drug-likeness (QED) is 0.875. The van der Waals surface area contributed by atoms with Gasteiger partial charge in [0, 0.05) is 30.8 Å². The Balaban J connectivity index is 1.54. The molecule has 1 aromatic heterocycles. The number of hydrogen-bond donors (Lipinski definition) is 2. The van der Waals surface area contributed by atoms with E-state index in [1.165, 1.54) is 12.1 Å². The summed E-state index contributed by atoms with van der Waals surface area (Å²) in [5.41, 5.74) is 1.64. The lowest BCUT2D eigenvalue weighted by Crippen LogP contribution is -2.46. The van der Waals surface area contributed by atoms with Crippen LogP contribution in [0.5, 0.6) is 0 Å². The third kappa shape index (κ3) is 4.12. The molecule has 2 amide bonds. The lowest BCUT2D eigenvalue weighted by molar-refractivity contribution is 0.0697. The molecular weight excluding hydrogens is 320 g/mol. The summed E-state index contributed by atoms with van der Waals surface area (Å²) in [6, 6.07) is 10.2. The second kappa shape index (κ2) is 7.29. The number of carbonyl (C=O) groups excluding carboxylic acids is 2. The van der Waals surface area contributed by atoms with Gasteiger partial charge in [0.2, 0.25) is 0 Å². The highest BCUT2D eigenvalue weighted by atomic mass is 16.2. The van der Waals surface area contributed by atoms with Gasteiger partial charge in [-0.1, -0.05) is 17.7 Å². The molecular formula is C18H20N4O3. The topological polar surface area (TPSA) is 95.2 Å². The predicted octanol–water partition coefficient (Wildman–Crippen LogP) is 1.11. The third-order valence-electron chi connectivity index (χ3n) is 4.33. The van der Waals surface area contributed by atoms with Crippen molar-refractivity contribution in [2.24, 2.45) is 0 Å². The Labute approximate surface area is 145 Å². The van der Waals surface area contributed by atoms with Crippen molar-refractivity contribution in [3.8, 4) is 0 Å². The number of hydrogen-bond acceptors (Lipinski definition) is 4. The zero-order valence-corrected chi connectivity index (χ0v) is 14.0. The minimum atomic E-state index is -0.348. The van der Waals surface area contributed by atoms with Crippen molar-refractivity contribution < 1.29 is 9.59 Å². The SMILES string of the molecule is Cc1ccc(C(=O)N2CCC(NC(=O)c3ccc(=O)[nH]n3)CC2)cc1. The molecule has 2 heterocycles. The van der Waals surface area contributed by atoms with Crippen LogP contribution in [0.1, 0.15) is 39.3 Å². The largest absolute Gasteiger partial charge is 0.348 e. The van der Waals surface area contributed by atoms with Gasteiger partial charge in [0.15, 0.2) is 0 Å². The Morgan fingerprint density at radius 2 is 1.80 bits per heavy atom. The van der Waals surface area contributed by atoms with E-state index in [2.05, 4.69) is 15.5 Å². The summed E-state index contributed by atoms with van der Waals surface area (Å²) < 4.78 is 0. The number of nitrogens with zero attached hydrogens (tertiary/aromatic N) is 2. The Bertz CT molecular complexity index is 800. The van der Waals surface area contributed by atoms with Crippen molar-refractivity contribution in [2.45, 2.75) is 25.8 Å². The summed E-state index contributed by atoms with van der Waals surface area (Å²) in [4.78, 5) is 37.4. The fourth-order valence-electron chi connectivity index (χ4n) is 2.84. The number of likely N-dealkylation sites (tertiary alicyclic amines) is 1. The van der Waals surface area contributed by atoms with Crippen LogP contribution in [0.3, 0.4) is 0 Å². The van der Waals surface area contributed by atoms with Crippen LogP contribution in [0.4, 0.5) is 0 Å². The van der Waals surface area contributed by atoms with Crippen LogP contribution in [-0.4, -0.2) is 46.0 Å². The lowest BCUT2D eigenvalue weighted by atomic mass is 10.0. The summed E-state index contributed by atoms with van der Waals surface area (Å²) in [6.45, 7) is 3.17. The van der Waals surface area contributed by atoms with E-state index in [4.69, 9.17) is 0 Å². The van der Waals surface area contributed by atoms with E-state index in [0.717, 1.165) is 5.56 Å². The fraction of sp³-hybridized carbons (Fsp3) is 0.333. The van der Waals surface area contributed by atoms with E-state index in [1.807, 2.05) is 36.1 Å². The molecule has 0 bridgehead atoms. The number of aryl methyl sites for hydroxylation is 1. The second-order valence-corrected chi connectivity index (χ2v) is 6.21. The second-order valence-electron chi connectivity index (χ2n) is 6.21. The first-order chi connectivity index (χ1) is 12.0. The number of carbonyl (C=O) groups is 2. The first-order valence-electron chi connectivity index (χ1n) is 8.25. The molecule has 0 radical (unpaired) electrons. The zero-order valence-electron chi connectivity index (χ0n) is 14.0. The Hall–Kier alpha value is -2.96. The number of rotatable bonds is 3. The zero-order chi connectivity index (χ0) is 17.8. The van der Waals surface area contributed by atoms with Gasteiger partial charge in [-0.15, -0.1) is 0 Å². The van der Waals surface area contributed by atoms with Crippen molar-refractivity contribution in [1.82, 2.24) is 20.4 Å². The van der Waals surface area contributed by atoms with Gasteiger partial charge in [0.1, 0.15) is 5.69 Å². The van der Waals surface area contributed by atoms with Crippen LogP contribution in [0.15, 0.2) is 41.2 Å². The summed E-state index contributed by atoms with van der Waals surface area (Å²) in [5, 5.41) is 8.86. The maximum atomic E-state index is 12.5. The molecule has 7 nitrogen and oxygen atoms in total. The highest BCUT2D eigenvalue weighted by molar-refractivity contribution is 5.94. The van der Waals surface area contributed by atoms with E-state index in [1.54, 1.807) is 0 Å². The first-order valence-corrected chi connectivity index (χ1v) is 8.25. The average Bonchev–Trinajstić information content (AvgIpc) is 2.63. The summed E-state index contributed by atoms with van der Waals surface area (Å²) in [6.07, 6.45) is 1.37. The minimum absolute atomic E-state index is 0.0108. The molecule has 1 fully saturated rings. The highest BCUT2D eigenvalue weighted by Crippen LogP contribution is 2.15. The van der Waals surface area contributed by atoms with E-state index < -0.39 is 0 Å². The molecule has 0 unspecified atom stereocenters. The maximum absolute atomic E-state index is 12.5. The van der Waals surface area contributed by atoms with Crippen molar-refractivity contribution in [3.63, 3.8) is 0 Å². The van der Waals surface area contributed by atoms with Gasteiger partial charge in [-0.3, -0.25) is 14.4 Å². The van der Waals surface area contributed by atoms with Gasteiger partial charge in [0.05, 0.1) is 0 Å². The van der Waals surface area contributed by atoms with Gasteiger partial charge in [-0.05, 0) is 38.0 Å².